The van der Waals surface area contributed by atoms with Crippen molar-refractivity contribution in [1.82, 2.24) is 5.32 Å². The molecule has 16 heavy (non-hydrogen) atoms. The van der Waals surface area contributed by atoms with Crippen molar-refractivity contribution in [2.45, 2.75) is 26.3 Å². The molecule has 0 fully saturated rings. The maximum absolute atomic E-state index is 12.7. The Bertz CT molecular complexity index is 351. The zero-order valence-corrected chi connectivity index (χ0v) is 9.70. The molecule has 0 heterocycles. The fourth-order valence-electron chi connectivity index (χ4n) is 1.41. The summed E-state index contributed by atoms with van der Waals surface area (Å²) in [7, 11) is 0. The van der Waals surface area contributed by atoms with Crippen LogP contribution in [0.5, 0.6) is 0 Å². The van der Waals surface area contributed by atoms with E-state index in [1.165, 1.54) is 12.1 Å². The topological polar surface area (TPSA) is 35.8 Å². The molecule has 1 atom stereocenters. The maximum atomic E-state index is 12.7. The molecule has 0 aliphatic rings. The lowest BCUT2D eigenvalue weighted by Crippen LogP contribution is -2.22. The summed E-state index contributed by atoms with van der Waals surface area (Å²) < 4.78 is 12.7. The van der Waals surface area contributed by atoms with Crippen molar-refractivity contribution < 1.29 is 4.39 Å². The fraction of sp³-hybridized carbons (Fsp3) is 0.462. The van der Waals surface area contributed by atoms with E-state index < -0.39 is 0 Å². The summed E-state index contributed by atoms with van der Waals surface area (Å²) in [4.78, 5) is 0. The quantitative estimate of drug-likeness (QED) is 0.828. The zero-order valence-electron chi connectivity index (χ0n) is 9.70. The highest BCUT2D eigenvalue weighted by atomic mass is 19.1. The lowest BCUT2D eigenvalue weighted by atomic mass is 10.1. The Morgan fingerprint density at radius 1 is 1.31 bits per heavy atom. The number of nitrogens with zero attached hydrogens (tertiary/aromatic N) is 1. The molecule has 1 N–H and O–H groups in total. The van der Waals surface area contributed by atoms with Crippen LogP contribution in [0, 0.1) is 23.1 Å². The minimum Gasteiger partial charge on any atom is -0.298 e. The van der Waals surface area contributed by atoms with Crippen molar-refractivity contribution in [3.63, 3.8) is 0 Å². The van der Waals surface area contributed by atoms with Crippen LogP contribution in [0.3, 0.4) is 0 Å². The van der Waals surface area contributed by atoms with Crippen molar-refractivity contribution in [3.05, 3.63) is 35.6 Å². The van der Waals surface area contributed by atoms with Crippen LogP contribution in [0.1, 0.15) is 31.9 Å². The fourth-order valence-corrected chi connectivity index (χ4v) is 1.41. The zero-order chi connectivity index (χ0) is 12.0. The van der Waals surface area contributed by atoms with E-state index in [4.69, 9.17) is 5.26 Å². The Hall–Kier alpha value is -1.40. The molecule has 1 unspecified atom stereocenters. The van der Waals surface area contributed by atoms with Gasteiger partial charge in [0.1, 0.15) is 11.9 Å². The van der Waals surface area contributed by atoms with Gasteiger partial charge in [0.15, 0.2) is 0 Å². The molecular weight excluding hydrogens is 203 g/mol. The van der Waals surface area contributed by atoms with Gasteiger partial charge in [0.25, 0.3) is 0 Å². The Kier molecular flexibility index (Phi) is 4.94. The lowest BCUT2D eigenvalue weighted by molar-refractivity contribution is 0.518. The second kappa shape index (κ2) is 6.24. The van der Waals surface area contributed by atoms with Crippen LogP contribution in [-0.4, -0.2) is 6.54 Å². The smallest absolute Gasteiger partial charge is 0.123 e. The Morgan fingerprint density at radius 2 is 1.94 bits per heavy atom. The molecule has 0 aromatic heterocycles. The Morgan fingerprint density at radius 3 is 2.44 bits per heavy atom. The summed E-state index contributed by atoms with van der Waals surface area (Å²) in [5, 5.41) is 12.2. The average molecular weight is 220 g/mol. The number of benzene rings is 1. The molecule has 0 amide bonds. The third-order valence-corrected chi connectivity index (χ3v) is 2.40. The van der Waals surface area contributed by atoms with Gasteiger partial charge in [-0.25, -0.2) is 4.39 Å². The van der Waals surface area contributed by atoms with E-state index in [2.05, 4.69) is 25.2 Å². The highest BCUT2D eigenvalue weighted by Crippen LogP contribution is 2.13. The first-order chi connectivity index (χ1) is 7.63. The van der Waals surface area contributed by atoms with Gasteiger partial charge in [0.2, 0.25) is 0 Å². The SMILES string of the molecule is CC(C)CCNC(C#N)c1ccc(F)cc1. The second-order valence-electron chi connectivity index (χ2n) is 4.25. The van der Waals surface area contributed by atoms with Gasteiger partial charge < -0.3 is 0 Å². The normalized spacial score (nSPS) is 12.4. The van der Waals surface area contributed by atoms with E-state index in [1.54, 1.807) is 12.1 Å². The summed E-state index contributed by atoms with van der Waals surface area (Å²) in [6.07, 6.45) is 1.03. The first-order valence-corrected chi connectivity index (χ1v) is 5.52. The maximum Gasteiger partial charge on any atom is 0.123 e. The van der Waals surface area contributed by atoms with Crippen molar-refractivity contribution in [1.29, 1.82) is 5.26 Å². The molecule has 0 saturated heterocycles. The van der Waals surface area contributed by atoms with Crippen LogP contribution >= 0.6 is 0 Å². The standard InChI is InChI=1S/C13H17FN2/c1-10(2)7-8-16-13(9-15)11-3-5-12(14)6-4-11/h3-6,10,13,16H,7-8H2,1-2H3. The number of hydrogen-bond donors (Lipinski definition) is 1. The minimum atomic E-state index is -0.348. The van der Waals surface area contributed by atoms with Gasteiger partial charge in [-0.1, -0.05) is 26.0 Å². The van der Waals surface area contributed by atoms with E-state index in [0.717, 1.165) is 18.5 Å². The summed E-state index contributed by atoms with van der Waals surface area (Å²) in [5.74, 6) is 0.336. The van der Waals surface area contributed by atoms with E-state index in [1.807, 2.05) is 0 Å². The number of halogens is 1. The van der Waals surface area contributed by atoms with Crippen molar-refractivity contribution in [3.8, 4) is 6.07 Å². The summed E-state index contributed by atoms with van der Waals surface area (Å²) >= 11 is 0. The van der Waals surface area contributed by atoms with Gasteiger partial charge in [-0.2, -0.15) is 5.26 Å². The van der Waals surface area contributed by atoms with Crippen molar-refractivity contribution >= 4 is 0 Å². The monoisotopic (exact) mass is 220 g/mol. The van der Waals surface area contributed by atoms with Crippen molar-refractivity contribution in [2.75, 3.05) is 6.54 Å². The van der Waals surface area contributed by atoms with E-state index in [9.17, 15) is 4.39 Å². The van der Waals surface area contributed by atoms with Gasteiger partial charge in [-0.15, -0.1) is 0 Å². The highest BCUT2D eigenvalue weighted by molar-refractivity contribution is 5.24. The van der Waals surface area contributed by atoms with Crippen LogP contribution in [0.25, 0.3) is 0 Å². The number of rotatable bonds is 5. The van der Waals surface area contributed by atoms with Crippen LogP contribution in [0.2, 0.25) is 0 Å². The number of nitrogens with one attached hydrogen (secondary N) is 1. The van der Waals surface area contributed by atoms with Gasteiger partial charge in [-0.3, -0.25) is 5.32 Å². The highest BCUT2D eigenvalue weighted by Gasteiger charge is 2.09. The van der Waals surface area contributed by atoms with E-state index >= 15 is 0 Å². The Balaban J connectivity index is 2.55. The first-order valence-electron chi connectivity index (χ1n) is 5.52. The molecule has 0 aliphatic heterocycles. The summed E-state index contributed by atoms with van der Waals surface area (Å²) in [5.41, 5.74) is 0.813. The third-order valence-electron chi connectivity index (χ3n) is 2.40. The molecule has 0 spiro atoms. The molecule has 0 aliphatic carbocycles. The van der Waals surface area contributed by atoms with Crippen LogP contribution < -0.4 is 5.32 Å². The van der Waals surface area contributed by atoms with Crippen LogP contribution in [0.4, 0.5) is 4.39 Å². The number of hydrogen-bond acceptors (Lipinski definition) is 2. The molecule has 3 heteroatoms. The minimum absolute atomic E-state index is 0.275. The van der Waals surface area contributed by atoms with Gasteiger partial charge >= 0.3 is 0 Å². The molecule has 0 bridgehead atoms. The molecule has 1 aromatic rings. The molecule has 1 rings (SSSR count). The lowest BCUT2D eigenvalue weighted by Gasteiger charge is -2.12. The predicted molar refractivity (Wildman–Crippen MR) is 62.2 cm³/mol. The van der Waals surface area contributed by atoms with E-state index in [-0.39, 0.29) is 11.9 Å². The molecule has 0 radical (unpaired) electrons. The van der Waals surface area contributed by atoms with Gasteiger partial charge in [-0.05, 0) is 36.6 Å². The molecule has 2 nitrogen and oxygen atoms in total. The first kappa shape index (κ1) is 12.7. The molecular formula is C13H17FN2. The summed E-state index contributed by atoms with van der Waals surface area (Å²) in [6.45, 7) is 5.08. The third kappa shape index (κ3) is 4.00. The molecule has 1 aromatic carbocycles. The largest absolute Gasteiger partial charge is 0.298 e. The summed E-state index contributed by atoms with van der Waals surface area (Å²) in [6, 6.07) is 7.88. The second-order valence-corrected chi connectivity index (χ2v) is 4.25. The van der Waals surface area contributed by atoms with Crippen LogP contribution in [0.15, 0.2) is 24.3 Å². The predicted octanol–water partition coefficient (Wildman–Crippen LogP) is 3.03. The molecule has 0 saturated carbocycles. The molecule has 86 valence electrons. The average Bonchev–Trinajstić information content (AvgIpc) is 2.26. The van der Waals surface area contributed by atoms with Crippen LogP contribution in [-0.2, 0) is 0 Å². The Labute approximate surface area is 96.1 Å². The van der Waals surface area contributed by atoms with E-state index in [0.29, 0.717) is 5.92 Å². The van der Waals surface area contributed by atoms with Crippen molar-refractivity contribution in [2.24, 2.45) is 5.92 Å². The van der Waals surface area contributed by atoms with Gasteiger partial charge in [0, 0.05) is 0 Å². The number of nitriles is 1. The van der Waals surface area contributed by atoms with Gasteiger partial charge in [0.05, 0.1) is 6.07 Å².